The average molecular weight is 216 g/mol. The summed E-state index contributed by atoms with van der Waals surface area (Å²) in [5, 5.41) is 5.52. The molecule has 0 spiro atoms. The third kappa shape index (κ3) is 5.06. The summed E-state index contributed by atoms with van der Waals surface area (Å²) >= 11 is 0. The van der Waals surface area contributed by atoms with E-state index in [4.69, 9.17) is 6.42 Å². The van der Waals surface area contributed by atoms with E-state index in [1.807, 2.05) is 30.3 Å². The van der Waals surface area contributed by atoms with Crippen LogP contribution in [-0.2, 0) is 6.54 Å². The van der Waals surface area contributed by atoms with Crippen LogP contribution in [0, 0.1) is 12.3 Å². The van der Waals surface area contributed by atoms with Crippen molar-refractivity contribution in [1.82, 2.24) is 10.6 Å². The first-order valence-corrected chi connectivity index (χ1v) is 5.32. The maximum absolute atomic E-state index is 11.3. The Morgan fingerprint density at radius 1 is 1.25 bits per heavy atom. The number of nitrogens with one attached hydrogen (secondary N) is 2. The van der Waals surface area contributed by atoms with Gasteiger partial charge in [-0.1, -0.05) is 30.3 Å². The largest absolute Gasteiger partial charge is 0.338 e. The van der Waals surface area contributed by atoms with Gasteiger partial charge in [0, 0.05) is 19.5 Å². The van der Waals surface area contributed by atoms with Gasteiger partial charge in [0.05, 0.1) is 0 Å². The number of unbranched alkanes of at least 4 members (excludes halogenated alkanes) is 1. The lowest BCUT2D eigenvalue weighted by molar-refractivity contribution is 0.240. The molecule has 1 aromatic rings. The van der Waals surface area contributed by atoms with Crippen molar-refractivity contribution < 1.29 is 4.79 Å². The molecule has 2 amide bonds. The van der Waals surface area contributed by atoms with Gasteiger partial charge < -0.3 is 10.6 Å². The van der Waals surface area contributed by atoms with Gasteiger partial charge in [-0.3, -0.25) is 0 Å². The molecular formula is C13H16N2O. The van der Waals surface area contributed by atoms with Crippen molar-refractivity contribution in [2.75, 3.05) is 6.54 Å². The molecule has 84 valence electrons. The van der Waals surface area contributed by atoms with Crippen molar-refractivity contribution >= 4 is 6.03 Å². The van der Waals surface area contributed by atoms with Crippen LogP contribution in [0.15, 0.2) is 30.3 Å². The van der Waals surface area contributed by atoms with E-state index in [1.54, 1.807) is 0 Å². The first-order valence-electron chi connectivity index (χ1n) is 5.32. The zero-order valence-electron chi connectivity index (χ0n) is 9.20. The summed E-state index contributed by atoms with van der Waals surface area (Å²) in [6.45, 7) is 1.16. The summed E-state index contributed by atoms with van der Waals surface area (Å²) in [6, 6.07) is 9.63. The van der Waals surface area contributed by atoms with Gasteiger partial charge in [-0.2, -0.15) is 0 Å². The van der Waals surface area contributed by atoms with E-state index in [0.717, 1.165) is 12.0 Å². The fourth-order valence-electron chi connectivity index (χ4n) is 1.23. The smallest absolute Gasteiger partial charge is 0.315 e. The molecule has 0 bridgehead atoms. The fraction of sp³-hybridized carbons (Fsp3) is 0.308. The van der Waals surface area contributed by atoms with Gasteiger partial charge in [0.2, 0.25) is 0 Å². The van der Waals surface area contributed by atoms with Crippen LogP contribution in [0.1, 0.15) is 18.4 Å². The normalized spacial score (nSPS) is 9.19. The number of hydrogen-bond donors (Lipinski definition) is 2. The minimum Gasteiger partial charge on any atom is -0.338 e. The van der Waals surface area contributed by atoms with E-state index in [-0.39, 0.29) is 6.03 Å². The number of carbonyl (C=O) groups excluding carboxylic acids is 1. The molecule has 0 heterocycles. The molecule has 0 radical (unpaired) electrons. The van der Waals surface area contributed by atoms with Crippen molar-refractivity contribution in [3.8, 4) is 12.3 Å². The number of carbonyl (C=O) groups is 1. The molecule has 2 N–H and O–H groups in total. The van der Waals surface area contributed by atoms with Gasteiger partial charge in [-0.25, -0.2) is 4.79 Å². The number of terminal acetylenes is 1. The molecule has 0 aliphatic carbocycles. The predicted octanol–water partition coefficient (Wildman–Crippen LogP) is 1.90. The minimum absolute atomic E-state index is 0.152. The molecule has 3 nitrogen and oxygen atoms in total. The lowest BCUT2D eigenvalue weighted by Gasteiger charge is -2.06. The maximum Gasteiger partial charge on any atom is 0.315 e. The molecule has 0 aromatic heterocycles. The Labute approximate surface area is 96.2 Å². The second-order valence-corrected chi connectivity index (χ2v) is 3.40. The monoisotopic (exact) mass is 216 g/mol. The Balaban J connectivity index is 2.14. The van der Waals surface area contributed by atoms with Gasteiger partial charge in [0.1, 0.15) is 0 Å². The predicted molar refractivity (Wildman–Crippen MR) is 64.7 cm³/mol. The summed E-state index contributed by atoms with van der Waals surface area (Å²) in [5.41, 5.74) is 1.08. The van der Waals surface area contributed by atoms with Gasteiger partial charge in [-0.05, 0) is 12.0 Å². The van der Waals surface area contributed by atoms with Gasteiger partial charge >= 0.3 is 6.03 Å². The van der Waals surface area contributed by atoms with Gasteiger partial charge in [0.25, 0.3) is 0 Å². The Morgan fingerprint density at radius 2 is 2.00 bits per heavy atom. The molecule has 1 rings (SSSR count). The lowest BCUT2D eigenvalue weighted by atomic mass is 10.2. The molecular weight excluding hydrogens is 200 g/mol. The summed E-state index contributed by atoms with van der Waals surface area (Å²) in [4.78, 5) is 11.3. The van der Waals surface area contributed by atoms with E-state index in [0.29, 0.717) is 19.5 Å². The molecule has 1 aromatic carbocycles. The second-order valence-electron chi connectivity index (χ2n) is 3.40. The minimum atomic E-state index is -0.152. The van der Waals surface area contributed by atoms with Crippen LogP contribution in [0.5, 0.6) is 0 Å². The van der Waals surface area contributed by atoms with Crippen molar-refractivity contribution in [2.45, 2.75) is 19.4 Å². The van der Waals surface area contributed by atoms with Crippen molar-refractivity contribution in [1.29, 1.82) is 0 Å². The van der Waals surface area contributed by atoms with Crippen molar-refractivity contribution in [3.05, 3.63) is 35.9 Å². The molecule has 0 saturated heterocycles. The number of urea groups is 1. The molecule has 16 heavy (non-hydrogen) atoms. The van der Waals surface area contributed by atoms with E-state index < -0.39 is 0 Å². The molecule has 0 unspecified atom stereocenters. The second kappa shape index (κ2) is 7.36. The van der Waals surface area contributed by atoms with Gasteiger partial charge in [0.15, 0.2) is 0 Å². The van der Waals surface area contributed by atoms with E-state index in [9.17, 15) is 4.79 Å². The van der Waals surface area contributed by atoms with Crippen LogP contribution in [0.25, 0.3) is 0 Å². The highest BCUT2D eigenvalue weighted by atomic mass is 16.2. The zero-order chi connectivity index (χ0) is 11.6. The molecule has 0 aliphatic heterocycles. The summed E-state index contributed by atoms with van der Waals surface area (Å²) in [5.74, 6) is 2.53. The Hall–Kier alpha value is -1.95. The fourth-order valence-corrected chi connectivity index (χ4v) is 1.23. The van der Waals surface area contributed by atoms with Crippen molar-refractivity contribution in [2.24, 2.45) is 0 Å². The average Bonchev–Trinajstić information content (AvgIpc) is 2.33. The van der Waals surface area contributed by atoms with Crippen LogP contribution < -0.4 is 10.6 Å². The Kier molecular flexibility index (Phi) is 5.57. The zero-order valence-corrected chi connectivity index (χ0v) is 9.20. The first-order chi connectivity index (χ1) is 7.83. The number of hydrogen-bond acceptors (Lipinski definition) is 1. The first kappa shape index (κ1) is 12.1. The highest BCUT2D eigenvalue weighted by Crippen LogP contribution is 1.96. The van der Waals surface area contributed by atoms with Crippen LogP contribution >= 0.6 is 0 Å². The standard InChI is InChI=1S/C13H16N2O/c1-2-3-7-10-14-13(16)15-11-12-8-5-4-6-9-12/h1,4-6,8-9H,3,7,10-11H2,(H2,14,15,16). The number of amides is 2. The summed E-state index contributed by atoms with van der Waals surface area (Å²) in [6.07, 6.45) is 6.61. The Bertz CT molecular complexity index is 354. The molecule has 0 aliphatic rings. The van der Waals surface area contributed by atoms with Crippen LogP contribution in [0.2, 0.25) is 0 Å². The highest BCUT2D eigenvalue weighted by molar-refractivity contribution is 5.73. The SMILES string of the molecule is C#CCCCNC(=O)NCc1ccccc1. The van der Waals surface area contributed by atoms with Crippen molar-refractivity contribution in [3.63, 3.8) is 0 Å². The Morgan fingerprint density at radius 3 is 2.69 bits per heavy atom. The van der Waals surface area contributed by atoms with E-state index >= 15 is 0 Å². The molecule has 0 atom stereocenters. The van der Waals surface area contributed by atoms with Crippen LogP contribution in [-0.4, -0.2) is 12.6 Å². The highest BCUT2D eigenvalue weighted by Gasteiger charge is 1.98. The van der Waals surface area contributed by atoms with Gasteiger partial charge in [-0.15, -0.1) is 12.3 Å². The third-order valence-corrected chi connectivity index (χ3v) is 2.08. The molecule has 3 heteroatoms. The lowest BCUT2D eigenvalue weighted by Crippen LogP contribution is -2.35. The molecule has 0 fully saturated rings. The number of benzene rings is 1. The van der Waals surface area contributed by atoms with E-state index in [1.165, 1.54) is 0 Å². The molecule has 0 saturated carbocycles. The summed E-state index contributed by atoms with van der Waals surface area (Å²) in [7, 11) is 0. The number of rotatable bonds is 5. The maximum atomic E-state index is 11.3. The quantitative estimate of drug-likeness (QED) is 0.573. The third-order valence-electron chi connectivity index (χ3n) is 2.08. The van der Waals surface area contributed by atoms with Crippen LogP contribution in [0.3, 0.4) is 0 Å². The topological polar surface area (TPSA) is 41.1 Å². The summed E-state index contributed by atoms with van der Waals surface area (Å²) < 4.78 is 0. The van der Waals surface area contributed by atoms with Crippen LogP contribution in [0.4, 0.5) is 4.79 Å². The van der Waals surface area contributed by atoms with E-state index in [2.05, 4.69) is 16.6 Å².